The van der Waals surface area contributed by atoms with Crippen LogP contribution in [0.1, 0.15) is 48.9 Å². The molecule has 0 aliphatic heterocycles. The van der Waals surface area contributed by atoms with Crippen LogP contribution in [0, 0.1) is 0 Å². The number of carbonyl (C=O) groups excluding carboxylic acids is 1. The van der Waals surface area contributed by atoms with E-state index in [0.717, 1.165) is 36.9 Å². The summed E-state index contributed by atoms with van der Waals surface area (Å²) < 4.78 is 0. The van der Waals surface area contributed by atoms with Crippen LogP contribution in [-0.4, -0.2) is 16.9 Å². The molecule has 0 radical (unpaired) electrons. The van der Waals surface area contributed by atoms with Crippen molar-refractivity contribution in [3.63, 3.8) is 0 Å². The maximum absolute atomic E-state index is 12.4. The minimum Gasteiger partial charge on any atom is -0.349 e. The fourth-order valence-electron chi connectivity index (χ4n) is 3.13. The number of hydrogen-bond acceptors (Lipinski definition) is 2. The zero-order valence-corrected chi connectivity index (χ0v) is 13.2. The number of H-pyrrole nitrogens is 1. The molecule has 0 saturated heterocycles. The third-order valence-electron chi connectivity index (χ3n) is 4.43. The minimum atomic E-state index is -0.336. The van der Waals surface area contributed by atoms with Crippen molar-refractivity contribution in [3.05, 3.63) is 58.4 Å². The Morgan fingerprint density at radius 2 is 1.65 bits per heavy atom. The zero-order chi connectivity index (χ0) is 16.1. The molecular formula is C19H22N2O2. The number of benzene rings is 1. The highest BCUT2D eigenvalue weighted by Crippen LogP contribution is 2.18. The Balaban J connectivity index is 1.75. The maximum atomic E-state index is 12.4. The van der Waals surface area contributed by atoms with E-state index in [1.54, 1.807) is 12.1 Å². The number of aromatic nitrogens is 1. The smallest absolute Gasteiger partial charge is 0.261 e. The molecule has 1 aliphatic carbocycles. The summed E-state index contributed by atoms with van der Waals surface area (Å²) >= 11 is 0. The lowest BCUT2D eigenvalue weighted by Crippen LogP contribution is -2.37. The predicted molar refractivity (Wildman–Crippen MR) is 91.5 cm³/mol. The summed E-state index contributed by atoms with van der Waals surface area (Å²) in [7, 11) is 0. The molecule has 0 spiro atoms. The molecule has 0 atom stereocenters. The molecule has 1 aromatic heterocycles. The molecule has 1 amide bonds. The molecule has 120 valence electrons. The van der Waals surface area contributed by atoms with Crippen LogP contribution in [0.25, 0.3) is 11.3 Å². The van der Waals surface area contributed by atoms with Crippen LogP contribution in [0.4, 0.5) is 0 Å². The molecule has 23 heavy (non-hydrogen) atoms. The first kappa shape index (κ1) is 15.5. The lowest BCUT2D eigenvalue weighted by molar-refractivity contribution is 0.0932. The number of rotatable bonds is 3. The zero-order valence-electron chi connectivity index (χ0n) is 13.2. The van der Waals surface area contributed by atoms with Gasteiger partial charge in [-0.2, -0.15) is 0 Å². The number of amides is 1. The molecule has 0 bridgehead atoms. The van der Waals surface area contributed by atoms with E-state index in [1.807, 2.05) is 30.3 Å². The molecule has 0 unspecified atom stereocenters. The third kappa shape index (κ3) is 3.89. The SMILES string of the molecule is O=C(NC1CCCCCC1)c1ccc(-c2ccccc2)[nH]c1=O. The summed E-state index contributed by atoms with van der Waals surface area (Å²) in [5.41, 5.74) is 1.51. The van der Waals surface area contributed by atoms with Crippen molar-refractivity contribution in [1.82, 2.24) is 10.3 Å². The van der Waals surface area contributed by atoms with Crippen molar-refractivity contribution >= 4 is 5.91 Å². The Labute approximate surface area is 135 Å². The van der Waals surface area contributed by atoms with Gasteiger partial charge in [0.25, 0.3) is 11.5 Å². The van der Waals surface area contributed by atoms with Crippen LogP contribution in [0.5, 0.6) is 0 Å². The molecule has 1 aromatic carbocycles. The van der Waals surface area contributed by atoms with E-state index < -0.39 is 0 Å². The molecule has 2 N–H and O–H groups in total. The van der Waals surface area contributed by atoms with E-state index in [4.69, 9.17) is 0 Å². The van der Waals surface area contributed by atoms with Crippen LogP contribution >= 0.6 is 0 Å². The van der Waals surface area contributed by atoms with Crippen molar-refractivity contribution in [1.29, 1.82) is 0 Å². The number of hydrogen-bond donors (Lipinski definition) is 2. The van der Waals surface area contributed by atoms with Crippen LogP contribution in [-0.2, 0) is 0 Å². The van der Waals surface area contributed by atoms with Gasteiger partial charge in [0.2, 0.25) is 0 Å². The van der Waals surface area contributed by atoms with Crippen LogP contribution in [0.15, 0.2) is 47.3 Å². The van der Waals surface area contributed by atoms with Crippen molar-refractivity contribution < 1.29 is 4.79 Å². The van der Waals surface area contributed by atoms with E-state index in [0.29, 0.717) is 0 Å². The third-order valence-corrected chi connectivity index (χ3v) is 4.43. The molecule has 4 heteroatoms. The second-order valence-corrected chi connectivity index (χ2v) is 6.14. The van der Waals surface area contributed by atoms with Gasteiger partial charge in [0, 0.05) is 11.7 Å². The first-order valence-electron chi connectivity index (χ1n) is 8.33. The first-order valence-corrected chi connectivity index (χ1v) is 8.33. The van der Waals surface area contributed by atoms with Crippen LogP contribution < -0.4 is 10.9 Å². The Bertz CT molecular complexity index is 714. The second-order valence-electron chi connectivity index (χ2n) is 6.14. The highest BCUT2D eigenvalue weighted by molar-refractivity contribution is 5.94. The van der Waals surface area contributed by atoms with E-state index in [2.05, 4.69) is 10.3 Å². The molecule has 2 aromatic rings. The Morgan fingerprint density at radius 3 is 2.30 bits per heavy atom. The van der Waals surface area contributed by atoms with Gasteiger partial charge in [-0.1, -0.05) is 56.0 Å². The van der Waals surface area contributed by atoms with Crippen molar-refractivity contribution in [2.45, 2.75) is 44.6 Å². The van der Waals surface area contributed by atoms with Gasteiger partial charge >= 0.3 is 0 Å². The fourth-order valence-corrected chi connectivity index (χ4v) is 3.13. The Kier molecular flexibility index (Phi) is 4.91. The summed E-state index contributed by atoms with van der Waals surface area (Å²) in [6.45, 7) is 0. The Hall–Kier alpha value is -2.36. The molecule has 1 saturated carbocycles. The van der Waals surface area contributed by atoms with Crippen molar-refractivity contribution in [2.24, 2.45) is 0 Å². The van der Waals surface area contributed by atoms with Gasteiger partial charge in [-0.3, -0.25) is 9.59 Å². The van der Waals surface area contributed by atoms with Crippen LogP contribution in [0.2, 0.25) is 0 Å². The summed E-state index contributed by atoms with van der Waals surface area (Å²) in [6.07, 6.45) is 6.78. The van der Waals surface area contributed by atoms with Gasteiger partial charge in [-0.25, -0.2) is 0 Å². The van der Waals surface area contributed by atoms with Gasteiger partial charge in [-0.15, -0.1) is 0 Å². The van der Waals surface area contributed by atoms with Crippen molar-refractivity contribution in [2.75, 3.05) is 0 Å². The molecule has 1 heterocycles. The van der Waals surface area contributed by atoms with Gasteiger partial charge in [-0.05, 0) is 30.5 Å². The quantitative estimate of drug-likeness (QED) is 0.852. The van der Waals surface area contributed by atoms with Gasteiger partial charge in [0.1, 0.15) is 5.56 Å². The number of aromatic amines is 1. The van der Waals surface area contributed by atoms with E-state index in [-0.39, 0.29) is 23.1 Å². The van der Waals surface area contributed by atoms with Crippen LogP contribution in [0.3, 0.4) is 0 Å². The normalized spacial score (nSPS) is 15.8. The summed E-state index contributed by atoms with van der Waals surface area (Å²) in [4.78, 5) is 27.4. The number of pyridine rings is 1. The van der Waals surface area contributed by atoms with E-state index in [9.17, 15) is 9.59 Å². The van der Waals surface area contributed by atoms with E-state index >= 15 is 0 Å². The van der Waals surface area contributed by atoms with Gasteiger partial charge in [0.05, 0.1) is 0 Å². The van der Waals surface area contributed by atoms with Gasteiger partial charge in [0.15, 0.2) is 0 Å². The standard InChI is InChI=1S/C19H22N2O2/c22-18(20-15-10-6-1-2-7-11-15)16-12-13-17(21-19(16)23)14-8-4-3-5-9-14/h3-5,8-9,12-13,15H,1-2,6-7,10-11H2,(H,20,22)(H,21,23). The number of nitrogens with one attached hydrogen (secondary N) is 2. The summed E-state index contributed by atoms with van der Waals surface area (Å²) in [6, 6.07) is 13.2. The molecule has 4 nitrogen and oxygen atoms in total. The highest BCUT2D eigenvalue weighted by Gasteiger charge is 2.17. The first-order chi connectivity index (χ1) is 11.2. The lowest BCUT2D eigenvalue weighted by atomic mass is 10.1. The molecule has 1 aliphatic rings. The molecule has 1 fully saturated rings. The highest BCUT2D eigenvalue weighted by atomic mass is 16.2. The predicted octanol–water partition coefficient (Wildman–Crippen LogP) is 3.49. The summed E-state index contributed by atoms with van der Waals surface area (Å²) in [5, 5.41) is 3.02. The minimum absolute atomic E-state index is 0.189. The monoisotopic (exact) mass is 310 g/mol. The lowest BCUT2D eigenvalue weighted by Gasteiger charge is -2.16. The number of carbonyl (C=O) groups is 1. The maximum Gasteiger partial charge on any atom is 0.261 e. The summed E-state index contributed by atoms with van der Waals surface area (Å²) in [5.74, 6) is -0.266. The van der Waals surface area contributed by atoms with E-state index in [1.165, 1.54) is 12.8 Å². The molecule has 3 rings (SSSR count). The largest absolute Gasteiger partial charge is 0.349 e. The van der Waals surface area contributed by atoms with Crippen molar-refractivity contribution in [3.8, 4) is 11.3 Å². The average molecular weight is 310 g/mol. The molecular weight excluding hydrogens is 288 g/mol. The fraction of sp³-hybridized carbons (Fsp3) is 0.368. The second kappa shape index (κ2) is 7.27. The topological polar surface area (TPSA) is 62.0 Å². The van der Waals surface area contributed by atoms with Gasteiger partial charge < -0.3 is 10.3 Å². The average Bonchev–Trinajstić information content (AvgIpc) is 2.84. The Morgan fingerprint density at radius 1 is 0.957 bits per heavy atom.